The number of esters is 1. The van der Waals surface area contributed by atoms with Crippen molar-refractivity contribution in [2.75, 3.05) is 20.7 Å². The molecule has 1 aromatic rings. The molecule has 0 fully saturated rings. The number of benzene rings is 1. The summed E-state index contributed by atoms with van der Waals surface area (Å²) in [5.74, 6) is -0.370. The summed E-state index contributed by atoms with van der Waals surface area (Å²) in [5, 5.41) is 0.961. The Morgan fingerprint density at radius 2 is 1.85 bits per heavy atom. The molecule has 0 heterocycles. The summed E-state index contributed by atoms with van der Waals surface area (Å²) in [5.41, 5.74) is 0.626. The maximum atomic E-state index is 12.1. The lowest BCUT2D eigenvalue weighted by Crippen LogP contribution is -2.29. The molecule has 6 heteroatoms. The number of carbonyl (C=O) groups is 2. The third kappa shape index (κ3) is 5.02. The molecule has 1 aromatic carbocycles. The lowest BCUT2D eigenvalue weighted by molar-refractivity contribution is -0.141. The summed E-state index contributed by atoms with van der Waals surface area (Å²) in [6.45, 7) is 0.482. The van der Waals surface area contributed by atoms with Gasteiger partial charge in [0.05, 0.1) is 13.5 Å². The van der Waals surface area contributed by atoms with Crippen LogP contribution in [-0.2, 0) is 20.7 Å². The molecule has 0 unspecified atom stereocenters. The number of halogens is 2. The number of likely N-dealkylation sites (N-methyl/N-ethyl adjacent to an activating group) is 1. The normalized spacial score (nSPS) is 10.2. The minimum Gasteiger partial charge on any atom is -0.469 e. The Bertz CT molecular complexity index is 471. The molecule has 0 aliphatic heterocycles. The van der Waals surface area contributed by atoms with Crippen LogP contribution in [0.1, 0.15) is 18.4 Å². The van der Waals surface area contributed by atoms with E-state index in [-0.39, 0.29) is 18.3 Å². The summed E-state index contributed by atoms with van der Waals surface area (Å²) < 4.78 is 4.54. The molecule has 0 aromatic heterocycles. The van der Waals surface area contributed by atoms with Crippen molar-refractivity contribution >= 4 is 35.1 Å². The molecule has 0 atom stereocenters. The minimum absolute atomic E-state index is 0.0927. The van der Waals surface area contributed by atoms with E-state index in [0.717, 1.165) is 0 Å². The Morgan fingerprint density at radius 3 is 2.40 bits per heavy atom. The summed E-state index contributed by atoms with van der Waals surface area (Å²) in [4.78, 5) is 24.6. The Kier molecular flexibility index (Phi) is 6.82. The average molecular weight is 318 g/mol. The highest BCUT2D eigenvalue weighted by Gasteiger charge is 2.14. The second-order valence-electron chi connectivity index (χ2n) is 4.37. The second-order valence-corrected chi connectivity index (χ2v) is 5.19. The smallest absolute Gasteiger partial charge is 0.305 e. The molecule has 1 amide bonds. The fourth-order valence-corrected chi connectivity index (χ4v) is 2.21. The predicted octanol–water partition coefficient (Wildman–Crippen LogP) is 2.95. The van der Waals surface area contributed by atoms with Crippen LogP contribution in [0.3, 0.4) is 0 Å². The van der Waals surface area contributed by atoms with Crippen LogP contribution < -0.4 is 0 Å². The van der Waals surface area contributed by atoms with Gasteiger partial charge in [-0.15, -0.1) is 0 Å². The molecule has 0 aliphatic rings. The summed E-state index contributed by atoms with van der Waals surface area (Å²) in [6, 6.07) is 5.14. The molecular weight excluding hydrogens is 301 g/mol. The molecule has 0 spiro atoms. The molecule has 0 N–H and O–H groups in total. The number of hydrogen-bond acceptors (Lipinski definition) is 3. The number of methoxy groups -OCH3 is 1. The molecule has 4 nitrogen and oxygen atoms in total. The largest absolute Gasteiger partial charge is 0.469 e. The molecule has 0 aliphatic carbocycles. The zero-order valence-corrected chi connectivity index (χ0v) is 13.0. The van der Waals surface area contributed by atoms with Gasteiger partial charge in [0.1, 0.15) is 0 Å². The Morgan fingerprint density at radius 1 is 1.25 bits per heavy atom. The number of carbonyl (C=O) groups excluding carboxylic acids is 2. The molecule has 20 heavy (non-hydrogen) atoms. The van der Waals surface area contributed by atoms with Crippen molar-refractivity contribution in [3.05, 3.63) is 33.8 Å². The van der Waals surface area contributed by atoms with Crippen LogP contribution >= 0.6 is 23.2 Å². The van der Waals surface area contributed by atoms with Gasteiger partial charge in [-0.2, -0.15) is 0 Å². The van der Waals surface area contributed by atoms with E-state index in [0.29, 0.717) is 35.0 Å². The third-order valence-corrected chi connectivity index (χ3v) is 3.63. The SMILES string of the molecule is COC(=O)CCCN(C)C(=O)Cc1c(Cl)cccc1Cl. The van der Waals surface area contributed by atoms with E-state index in [2.05, 4.69) is 4.74 Å². The molecule has 0 radical (unpaired) electrons. The molecular formula is C14H17Cl2NO3. The van der Waals surface area contributed by atoms with E-state index in [1.165, 1.54) is 7.11 Å². The first-order valence-corrected chi connectivity index (χ1v) is 6.95. The Balaban J connectivity index is 2.52. The van der Waals surface area contributed by atoms with Crippen LogP contribution in [0, 0.1) is 0 Å². The van der Waals surface area contributed by atoms with Crippen molar-refractivity contribution in [1.82, 2.24) is 4.90 Å². The van der Waals surface area contributed by atoms with Crippen molar-refractivity contribution in [1.29, 1.82) is 0 Å². The number of hydrogen-bond donors (Lipinski definition) is 0. The zero-order chi connectivity index (χ0) is 15.1. The van der Waals surface area contributed by atoms with Crippen molar-refractivity contribution in [2.24, 2.45) is 0 Å². The summed E-state index contributed by atoms with van der Waals surface area (Å²) >= 11 is 12.1. The topological polar surface area (TPSA) is 46.6 Å². The van der Waals surface area contributed by atoms with Gasteiger partial charge in [0, 0.05) is 30.1 Å². The van der Waals surface area contributed by atoms with E-state index in [1.54, 1.807) is 30.1 Å². The quantitative estimate of drug-likeness (QED) is 0.758. The molecule has 0 bridgehead atoms. The molecule has 0 saturated carbocycles. The fraction of sp³-hybridized carbons (Fsp3) is 0.429. The number of rotatable bonds is 6. The first-order valence-electron chi connectivity index (χ1n) is 6.19. The van der Waals surface area contributed by atoms with Gasteiger partial charge in [-0.25, -0.2) is 0 Å². The Labute approximate surface area is 128 Å². The lowest BCUT2D eigenvalue weighted by Gasteiger charge is -2.17. The standard InChI is InChI=1S/C14H17Cl2NO3/c1-17(8-4-7-14(19)20-2)13(18)9-10-11(15)5-3-6-12(10)16/h3,5-6H,4,7-9H2,1-2H3. The minimum atomic E-state index is -0.278. The van der Waals surface area contributed by atoms with Gasteiger partial charge in [0.25, 0.3) is 0 Å². The molecule has 0 saturated heterocycles. The van der Waals surface area contributed by atoms with Gasteiger partial charge >= 0.3 is 5.97 Å². The van der Waals surface area contributed by atoms with E-state index in [4.69, 9.17) is 23.2 Å². The van der Waals surface area contributed by atoms with Crippen LogP contribution in [0.4, 0.5) is 0 Å². The third-order valence-electron chi connectivity index (χ3n) is 2.92. The highest BCUT2D eigenvalue weighted by molar-refractivity contribution is 6.36. The van der Waals surface area contributed by atoms with E-state index < -0.39 is 0 Å². The number of amides is 1. The fourth-order valence-electron chi connectivity index (χ4n) is 1.67. The summed E-state index contributed by atoms with van der Waals surface area (Å²) in [6.07, 6.45) is 0.999. The van der Waals surface area contributed by atoms with E-state index in [9.17, 15) is 9.59 Å². The van der Waals surface area contributed by atoms with Crippen LogP contribution in [0.2, 0.25) is 10.0 Å². The number of nitrogens with zero attached hydrogens (tertiary/aromatic N) is 1. The van der Waals surface area contributed by atoms with Crippen molar-refractivity contribution in [3.8, 4) is 0 Å². The summed E-state index contributed by atoms with van der Waals surface area (Å²) in [7, 11) is 3.03. The predicted molar refractivity (Wildman–Crippen MR) is 79.1 cm³/mol. The van der Waals surface area contributed by atoms with Crippen LogP contribution in [0.15, 0.2) is 18.2 Å². The molecule has 1 rings (SSSR count). The van der Waals surface area contributed by atoms with Crippen LogP contribution in [-0.4, -0.2) is 37.5 Å². The van der Waals surface area contributed by atoms with Gasteiger partial charge in [0.2, 0.25) is 5.91 Å². The van der Waals surface area contributed by atoms with Gasteiger partial charge < -0.3 is 9.64 Å². The second kappa shape index (κ2) is 8.12. The lowest BCUT2D eigenvalue weighted by atomic mass is 10.1. The van der Waals surface area contributed by atoms with Crippen molar-refractivity contribution in [3.63, 3.8) is 0 Å². The highest BCUT2D eigenvalue weighted by Crippen LogP contribution is 2.25. The van der Waals surface area contributed by atoms with Gasteiger partial charge in [-0.1, -0.05) is 29.3 Å². The van der Waals surface area contributed by atoms with Gasteiger partial charge in [-0.05, 0) is 24.1 Å². The van der Waals surface area contributed by atoms with Crippen LogP contribution in [0.5, 0.6) is 0 Å². The van der Waals surface area contributed by atoms with E-state index in [1.807, 2.05) is 0 Å². The first-order chi connectivity index (χ1) is 9.45. The monoisotopic (exact) mass is 317 g/mol. The maximum Gasteiger partial charge on any atom is 0.305 e. The van der Waals surface area contributed by atoms with Gasteiger partial charge in [0.15, 0.2) is 0 Å². The van der Waals surface area contributed by atoms with Crippen molar-refractivity contribution in [2.45, 2.75) is 19.3 Å². The Hall–Kier alpha value is -1.26. The number of ether oxygens (including phenoxy) is 1. The average Bonchev–Trinajstić information content (AvgIpc) is 2.42. The molecule has 110 valence electrons. The van der Waals surface area contributed by atoms with E-state index >= 15 is 0 Å². The van der Waals surface area contributed by atoms with Gasteiger partial charge in [-0.3, -0.25) is 9.59 Å². The zero-order valence-electron chi connectivity index (χ0n) is 11.5. The van der Waals surface area contributed by atoms with Crippen LogP contribution in [0.25, 0.3) is 0 Å². The first kappa shape index (κ1) is 16.8. The van der Waals surface area contributed by atoms with Crippen molar-refractivity contribution < 1.29 is 14.3 Å². The maximum absolute atomic E-state index is 12.1. The highest BCUT2D eigenvalue weighted by atomic mass is 35.5.